The monoisotopic (exact) mass is 1390 g/mol. The van der Waals surface area contributed by atoms with Crippen LogP contribution < -0.4 is 48.3 Å². The third-order valence-corrected chi connectivity index (χ3v) is 17.8. The molecule has 0 radical (unpaired) electrons. The molecule has 0 bridgehead atoms. The Kier molecular flexibility index (Phi) is 33.2. The highest BCUT2D eigenvalue weighted by molar-refractivity contribution is 8.76. The van der Waals surface area contributed by atoms with Crippen LogP contribution in [0.1, 0.15) is 49.8 Å². The Morgan fingerprint density at radius 2 is 1.10 bits per heavy atom. The molecular weight excluding hydrogens is 1310 g/mol. The zero-order chi connectivity index (χ0) is 71.1. The van der Waals surface area contributed by atoms with Crippen molar-refractivity contribution in [2.45, 2.75) is 113 Å². The molecule has 10 atom stereocenters. The van der Waals surface area contributed by atoms with E-state index in [0.717, 1.165) is 31.4 Å². The molecular formula is C63H87N13O19S2. The molecule has 0 aliphatic carbocycles. The lowest BCUT2D eigenvalue weighted by atomic mass is 10.0. The summed E-state index contributed by atoms with van der Waals surface area (Å²) in [4.78, 5) is 171. The van der Waals surface area contributed by atoms with Crippen LogP contribution in [0.3, 0.4) is 0 Å². The molecule has 5 rings (SSSR count). The molecule has 1 saturated heterocycles. The predicted molar refractivity (Wildman–Crippen MR) is 356 cm³/mol. The third-order valence-electron chi connectivity index (χ3n) is 15.4. The largest absolute Gasteiger partial charge is 0.480 e. The fraction of sp³-hybridized carbons (Fsp3) is 0.492. The molecule has 3 aromatic carbocycles. The summed E-state index contributed by atoms with van der Waals surface area (Å²) in [5, 5.41) is 91.6. The number of carbonyl (C=O) groups excluding carboxylic acids is 8. The minimum atomic E-state index is -1.78. The highest BCUT2D eigenvalue weighted by Gasteiger charge is 2.37. The van der Waals surface area contributed by atoms with Crippen LogP contribution in [-0.4, -0.2) is 271 Å². The quantitative estimate of drug-likeness (QED) is 0.0160. The van der Waals surface area contributed by atoms with E-state index in [9.17, 15) is 83.7 Å². The van der Waals surface area contributed by atoms with Gasteiger partial charge in [0.15, 0.2) is 0 Å². The van der Waals surface area contributed by atoms with Gasteiger partial charge in [-0.05, 0) is 62.4 Å². The van der Waals surface area contributed by atoms with E-state index < -0.39 is 177 Å². The van der Waals surface area contributed by atoms with E-state index in [-0.39, 0.29) is 70.6 Å². The van der Waals surface area contributed by atoms with Crippen LogP contribution in [0.15, 0.2) is 91.1 Å². The summed E-state index contributed by atoms with van der Waals surface area (Å²) < 4.78 is 0. The molecule has 18 N–H and O–H groups in total. The number of aliphatic hydroxyl groups is 3. The molecule has 530 valence electrons. The molecule has 0 unspecified atom stereocenters. The first-order valence-electron chi connectivity index (χ1n) is 31.2. The number of H-pyrrole nitrogens is 1. The minimum Gasteiger partial charge on any atom is -0.480 e. The second-order valence-corrected chi connectivity index (χ2v) is 25.8. The van der Waals surface area contributed by atoms with Crippen LogP contribution in [0, 0.1) is 0 Å². The molecule has 1 fully saturated rings. The number of carboxylic acids is 4. The number of fused-ring (bicyclic) bond motifs is 1. The van der Waals surface area contributed by atoms with Crippen molar-refractivity contribution < 1.29 is 93.3 Å². The van der Waals surface area contributed by atoms with Crippen LogP contribution in [0.5, 0.6) is 0 Å². The van der Waals surface area contributed by atoms with Gasteiger partial charge in [0.1, 0.15) is 42.3 Å². The molecule has 0 saturated carbocycles. The number of para-hydroxylation sites is 1. The molecule has 97 heavy (non-hydrogen) atoms. The number of amides is 8. The summed E-state index contributed by atoms with van der Waals surface area (Å²) in [6, 6.07) is 11.7. The fourth-order valence-corrected chi connectivity index (χ4v) is 12.6. The van der Waals surface area contributed by atoms with Crippen LogP contribution in [0.4, 0.5) is 0 Å². The number of aromatic amines is 1. The number of carbonyl (C=O) groups is 12. The Morgan fingerprint density at radius 3 is 1.68 bits per heavy atom. The molecule has 1 aliphatic heterocycles. The molecule has 0 spiro atoms. The number of hydrogen-bond donors (Lipinski definition) is 17. The molecule has 34 heteroatoms. The van der Waals surface area contributed by atoms with Gasteiger partial charge in [-0.3, -0.25) is 72.2 Å². The summed E-state index contributed by atoms with van der Waals surface area (Å²) in [6.07, 6.45) is -1.31. The van der Waals surface area contributed by atoms with E-state index in [1.807, 2.05) is 0 Å². The van der Waals surface area contributed by atoms with Crippen LogP contribution in [0.25, 0.3) is 10.9 Å². The third kappa shape index (κ3) is 27.7. The predicted octanol–water partition coefficient (Wildman–Crippen LogP) is -3.40. The number of aliphatic carboxylic acids is 4. The van der Waals surface area contributed by atoms with Gasteiger partial charge in [0.2, 0.25) is 47.3 Å². The van der Waals surface area contributed by atoms with Gasteiger partial charge in [-0.1, -0.05) is 100 Å². The minimum absolute atomic E-state index is 0.0513. The standard InChI is InChI=1S/C63H87N13O19S2/c1-37(78)48(34-77)70-62(94)50-36-97-96-35-49(71-58(90)45(25-39-13-5-3-6-14-39)66-51(80)29-75(31-53(83)84)23-21-74(30-52(81)82)22-24-76(32-54(85)86)33-55(87)88)61(93)68-46(26-40-15-7-4-8-16-40)59(91)69-47(27-41-28-65-43-18-10-9-17-42(41)43)60(92)67-44(19-11-12-20-64)57(89)73-56(38(2)79)63(95)72-50/h3-10,13-18,28,37-38,44-50,56,65,77-79H,11-12,19-27,29-36,64H2,1-2H3,(H,66,80)(H,67,92)(H,68,93)(H,69,91)(H,70,94)(H,71,90)(H,72,95)(H,73,89)(H,81,82)(H,83,84)(H,85,86)(H,87,88)/t37-,38-,44+,45-,46-,47-,48-,49+,50+,56+/m1/s1. The van der Waals surface area contributed by atoms with Crippen LogP contribution in [0.2, 0.25) is 0 Å². The zero-order valence-corrected chi connectivity index (χ0v) is 55.3. The average Bonchev–Trinajstić information content (AvgIpc) is 1.76. The first-order valence-corrected chi connectivity index (χ1v) is 33.7. The molecule has 2 heterocycles. The number of aromatic nitrogens is 1. The topological polar surface area (TPSA) is 494 Å². The van der Waals surface area contributed by atoms with Gasteiger partial charge in [0, 0.05) is 74.0 Å². The summed E-state index contributed by atoms with van der Waals surface area (Å²) >= 11 is 0. The smallest absolute Gasteiger partial charge is 0.317 e. The van der Waals surface area contributed by atoms with Crippen molar-refractivity contribution in [2.75, 3.05) is 83.6 Å². The zero-order valence-electron chi connectivity index (χ0n) is 53.6. The van der Waals surface area contributed by atoms with Crippen molar-refractivity contribution in [3.63, 3.8) is 0 Å². The highest BCUT2D eigenvalue weighted by atomic mass is 33.1. The number of unbranched alkanes of at least 4 members (excludes halogenated alkanes) is 1. The summed E-state index contributed by atoms with van der Waals surface area (Å²) in [5.41, 5.74) is 8.10. The van der Waals surface area contributed by atoms with Gasteiger partial charge in [-0.2, -0.15) is 0 Å². The Morgan fingerprint density at radius 1 is 0.588 bits per heavy atom. The van der Waals surface area contributed by atoms with Crippen molar-refractivity contribution in [1.29, 1.82) is 0 Å². The van der Waals surface area contributed by atoms with E-state index in [4.69, 9.17) is 5.73 Å². The number of rotatable bonds is 34. The number of carboxylic acid groups (broad SMARTS) is 4. The number of nitrogens with two attached hydrogens (primary N) is 1. The number of benzene rings is 3. The maximum Gasteiger partial charge on any atom is 0.317 e. The first kappa shape index (κ1) is 79.0. The van der Waals surface area contributed by atoms with Crippen molar-refractivity contribution in [2.24, 2.45) is 5.73 Å². The Hall–Kier alpha value is -8.74. The van der Waals surface area contributed by atoms with Gasteiger partial charge in [-0.15, -0.1) is 0 Å². The molecule has 1 aromatic heterocycles. The molecule has 1 aliphatic rings. The normalized spacial score (nSPS) is 19.8. The van der Waals surface area contributed by atoms with Crippen LogP contribution >= 0.6 is 21.6 Å². The van der Waals surface area contributed by atoms with Crippen LogP contribution in [-0.2, 0) is 76.8 Å². The van der Waals surface area contributed by atoms with Gasteiger partial charge >= 0.3 is 23.9 Å². The maximum absolute atomic E-state index is 15.2. The molecule has 8 amide bonds. The molecule has 4 aromatic rings. The maximum atomic E-state index is 15.2. The van der Waals surface area contributed by atoms with Crippen molar-refractivity contribution in [3.8, 4) is 0 Å². The van der Waals surface area contributed by atoms with Gasteiger partial charge < -0.3 is 89.0 Å². The second-order valence-electron chi connectivity index (χ2n) is 23.3. The van der Waals surface area contributed by atoms with Gasteiger partial charge in [-0.25, -0.2) is 0 Å². The number of nitrogens with one attached hydrogen (secondary N) is 9. The summed E-state index contributed by atoms with van der Waals surface area (Å²) in [6.45, 7) is -2.46. The number of nitrogens with zero attached hydrogens (tertiary/aromatic N) is 3. The average molecular weight is 1390 g/mol. The number of hydrogen-bond acceptors (Lipinski definition) is 21. The van der Waals surface area contributed by atoms with Gasteiger partial charge in [0.25, 0.3) is 0 Å². The lowest BCUT2D eigenvalue weighted by Crippen LogP contribution is -2.62. The van der Waals surface area contributed by atoms with Gasteiger partial charge in [0.05, 0.1) is 57.6 Å². The first-order chi connectivity index (χ1) is 46.2. The van der Waals surface area contributed by atoms with Crippen molar-refractivity contribution in [1.82, 2.24) is 62.2 Å². The Bertz CT molecular complexity index is 3280. The lowest BCUT2D eigenvalue weighted by molar-refractivity contribution is -0.143. The second kappa shape index (κ2) is 40.7. The van der Waals surface area contributed by atoms with Crippen molar-refractivity contribution in [3.05, 3.63) is 108 Å². The van der Waals surface area contributed by atoms with E-state index in [0.29, 0.717) is 34.0 Å². The Labute approximate surface area is 566 Å². The Balaban J connectivity index is 1.57. The van der Waals surface area contributed by atoms with Crippen molar-refractivity contribution >= 4 is 104 Å². The van der Waals surface area contributed by atoms with E-state index >= 15 is 9.59 Å². The fourth-order valence-electron chi connectivity index (χ4n) is 10.3. The number of aliphatic hydroxyl groups excluding tert-OH is 3. The van der Waals surface area contributed by atoms with E-state index in [2.05, 4.69) is 47.5 Å². The lowest BCUT2D eigenvalue weighted by Gasteiger charge is -2.29. The van der Waals surface area contributed by atoms with E-state index in [1.165, 1.54) is 18.7 Å². The summed E-state index contributed by atoms with van der Waals surface area (Å²) in [5.74, 6) is -13.8. The molecule has 32 nitrogen and oxygen atoms in total. The SMILES string of the molecule is C[C@@H](O)[C@@H]1NC(=O)[C@H](CCCCN)NC(=O)[C@@H](Cc2c[nH]c3ccccc23)NC(=O)[C@@H](Cc2ccccc2)NC(=O)[C@@H](NC(=O)[C@@H](Cc2ccccc2)NC(=O)CN(CCN(CCN(CC(=O)O)CC(=O)O)CC(=O)O)CC(=O)O)CSSC[C@@H](C(=O)N[C@H](CO)[C@@H](C)O)NC1=O. The summed E-state index contributed by atoms with van der Waals surface area (Å²) in [7, 11) is 1.77. The highest BCUT2D eigenvalue weighted by Crippen LogP contribution is 2.25. The van der Waals surface area contributed by atoms with E-state index in [1.54, 1.807) is 91.1 Å².